The molecule has 1 fully saturated rings. The van der Waals surface area contributed by atoms with E-state index in [1.807, 2.05) is 54.6 Å². The van der Waals surface area contributed by atoms with Crippen molar-refractivity contribution in [3.8, 4) is 16.3 Å². The van der Waals surface area contributed by atoms with Gasteiger partial charge in [0.15, 0.2) is 4.80 Å². The summed E-state index contributed by atoms with van der Waals surface area (Å²) < 4.78 is 14.0. The average Bonchev–Trinajstić information content (AvgIpc) is 3.89. The molecule has 1 aliphatic carbocycles. The Kier molecular flexibility index (Phi) is 10.5. The molecular weight excluding hydrogens is 715 g/mol. The third-order valence-corrected chi connectivity index (χ3v) is 11.2. The molecule has 1 unspecified atom stereocenters. The van der Waals surface area contributed by atoms with Crippen LogP contribution in [-0.4, -0.2) is 57.3 Å². The molecule has 1 saturated carbocycles. The van der Waals surface area contributed by atoms with Crippen LogP contribution in [0, 0.1) is 0 Å². The lowest BCUT2D eigenvalue weighted by atomic mass is 9.96. The number of ether oxygens (including phenoxy) is 2. The Morgan fingerprint density at radius 2 is 1.75 bits per heavy atom. The topological polar surface area (TPSA) is 159 Å². The predicted octanol–water partition coefficient (Wildman–Crippen LogP) is 5.35. The highest BCUT2D eigenvalue weighted by molar-refractivity contribution is 7.20. The maximum atomic E-state index is 14.2. The van der Waals surface area contributed by atoms with E-state index in [-0.39, 0.29) is 29.8 Å². The monoisotopic (exact) mass is 751 g/mol. The van der Waals surface area contributed by atoms with E-state index in [9.17, 15) is 19.2 Å². The van der Waals surface area contributed by atoms with Gasteiger partial charge in [-0.05, 0) is 50.5 Å². The maximum Gasteiger partial charge on any atom is 0.340 e. The number of anilines is 1. The fourth-order valence-electron chi connectivity index (χ4n) is 6.64. The summed E-state index contributed by atoms with van der Waals surface area (Å²) >= 11 is 2.43. The van der Waals surface area contributed by atoms with Gasteiger partial charge < -0.3 is 14.8 Å². The van der Waals surface area contributed by atoms with Gasteiger partial charge in [0.05, 0.1) is 57.9 Å². The summed E-state index contributed by atoms with van der Waals surface area (Å²) in [5.41, 5.74) is 3.30. The van der Waals surface area contributed by atoms with Crippen LogP contribution >= 0.6 is 22.7 Å². The number of aromatic nitrogens is 4. The second-order valence-corrected chi connectivity index (χ2v) is 14.7. The highest BCUT2D eigenvalue weighted by Crippen LogP contribution is 2.36. The summed E-state index contributed by atoms with van der Waals surface area (Å²) in [6, 6.07) is 17.4. The molecule has 2 aromatic carbocycles. The molecule has 0 bridgehead atoms. The van der Waals surface area contributed by atoms with Crippen LogP contribution in [0.3, 0.4) is 0 Å². The minimum Gasteiger partial charge on any atom is -0.465 e. The summed E-state index contributed by atoms with van der Waals surface area (Å²) in [6.45, 7) is 3.69. The van der Waals surface area contributed by atoms with E-state index in [0.29, 0.717) is 47.4 Å². The minimum atomic E-state index is -0.708. The standard InChI is InChI=1S/C38H37N7O6S2/c1-4-51-36(48)31-22(2)39-38-45(32(31)23-13-7-5-8-14-23)34(46)30(53-38)19-24-15-11-12-18-28(24)44-21-27(42-43-44)29-20-26(35(47)50-3)33(52-29)41-37(49)40-25-16-9-6-10-17-25/h5,7-8,11-15,18-21,25,32H,4,6,9-10,16-17H2,1-3H3,(H2,40,41,49)/b30-19-. The molecule has 2 aliphatic rings. The number of hydrogen-bond donors (Lipinski definition) is 2. The predicted molar refractivity (Wildman–Crippen MR) is 202 cm³/mol. The van der Waals surface area contributed by atoms with Crippen LogP contribution < -0.4 is 25.5 Å². The zero-order chi connectivity index (χ0) is 37.1. The van der Waals surface area contributed by atoms with Crippen molar-refractivity contribution in [2.45, 2.75) is 58.0 Å². The number of benzene rings is 2. The zero-order valence-corrected chi connectivity index (χ0v) is 31.0. The molecule has 13 nitrogen and oxygen atoms in total. The van der Waals surface area contributed by atoms with Crippen LogP contribution in [0.1, 0.15) is 73.5 Å². The lowest BCUT2D eigenvalue weighted by Crippen LogP contribution is -2.39. The van der Waals surface area contributed by atoms with Crippen molar-refractivity contribution in [2.75, 3.05) is 19.0 Å². The zero-order valence-electron chi connectivity index (χ0n) is 29.3. The summed E-state index contributed by atoms with van der Waals surface area (Å²) in [5, 5.41) is 15.0. The number of methoxy groups -OCH3 is 1. The van der Waals surface area contributed by atoms with Gasteiger partial charge in [-0.3, -0.25) is 14.7 Å². The number of hydrogen-bond acceptors (Lipinski definition) is 11. The van der Waals surface area contributed by atoms with Crippen LogP contribution in [0.2, 0.25) is 0 Å². The Morgan fingerprint density at radius 3 is 2.51 bits per heavy atom. The van der Waals surface area contributed by atoms with Crippen LogP contribution in [0.5, 0.6) is 0 Å². The van der Waals surface area contributed by atoms with Crippen molar-refractivity contribution >= 4 is 51.7 Å². The van der Waals surface area contributed by atoms with Crippen LogP contribution in [-0.2, 0) is 14.3 Å². The molecule has 4 heterocycles. The molecule has 0 saturated heterocycles. The number of esters is 2. The molecular formula is C38H37N7O6S2. The number of para-hydroxylation sites is 1. The number of carbonyl (C=O) groups excluding carboxylic acids is 3. The second-order valence-electron chi connectivity index (χ2n) is 12.6. The quantitative estimate of drug-likeness (QED) is 0.191. The van der Waals surface area contributed by atoms with E-state index in [1.54, 1.807) is 41.4 Å². The van der Waals surface area contributed by atoms with Crippen LogP contribution in [0.15, 0.2) is 87.9 Å². The fourth-order valence-corrected chi connectivity index (χ4v) is 8.67. The number of urea groups is 1. The smallest absolute Gasteiger partial charge is 0.340 e. The molecule has 15 heteroatoms. The summed E-state index contributed by atoms with van der Waals surface area (Å²) in [5.74, 6) is -1.10. The Bertz CT molecular complexity index is 2400. The maximum absolute atomic E-state index is 14.2. The third kappa shape index (κ3) is 7.35. The molecule has 0 radical (unpaired) electrons. The number of allylic oxidation sites excluding steroid dienone is 1. The van der Waals surface area contributed by atoms with E-state index in [1.165, 1.54) is 36.2 Å². The molecule has 7 rings (SSSR count). The molecule has 1 atom stereocenters. The summed E-state index contributed by atoms with van der Waals surface area (Å²) in [7, 11) is 1.29. The molecule has 5 aromatic rings. The molecule has 3 aromatic heterocycles. The number of thiophene rings is 1. The van der Waals surface area contributed by atoms with Gasteiger partial charge in [0.2, 0.25) is 0 Å². The van der Waals surface area contributed by atoms with Crippen molar-refractivity contribution in [3.05, 3.63) is 115 Å². The largest absolute Gasteiger partial charge is 0.465 e. The van der Waals surface area contributed by atoms with Gasteiger partial charge in [0, 0.05) is 11.6 Å². The normalized spacial score (nSPS) is 16.1. The number of nitrogens with zero attached hydrogens (tertiary/aromatic N) is 5. The highest BCUT2D eigenvalue weighted by Gasteiger charge is 2.33. The molecule has 0 spiro atoms. The first kappa shape index (κ1) is 35.7. The Hall–Kier alpha value is -5.67. The number of thiazole rings is 1. The first-order valence-electron chi connectivity index (χ1n) is 17.3. The van der Waals surface area contributed by atoms with Gasteiger partial charge in [-0.15, -0.1) is 16.4 Å². The first-order chi connectivity index (χ1) is 25.7. The highest BCUT2D eigenvalue weighted by atomic mass is 32.1. The van der Waals surface area contributed by atoms with Crippen molar-refractivity contribution in [3.63, 3.8) is 0 Å². The van der Waals surface area contributed by atoms with E-state index in [2.05, 4.69) is 25.9 Å². The summed E-state index contributed by atoms with van der Waals surface area (Å²) in [4.78, 5) is 58.7. The molecule has 2 amide bonds. The van der Waals surface area contributed by atoms with Gasteiger partial charge >= 0.3 is 18.0 Å². The van der Waals surface area contributed by atoms with E-state index < -0.39 is 18.0 Å². The van der Waals surface area contributed by atoms with Crippen molar-refractivity contribution in [1.82, 2.24) is 24.9 Å². The van der Waals surface area contributed by atoms with Gasteiger partial charge in [0.25, 0.3) is 5.56 Å². The van der Waals surface area contributed by atoms with Gasteiger partial charge in [0.1, 0.15) is 10.7 Å². The number of amides is 2. The lowest BCUT2D eigenvalue weighted by molar-refractivity contribution is -0.139. The molecule has 272 valence electrons. The van der Waals surface area contributed by atoms with Gasteiger partial charge in [-0.1, -0.05) is 84.3 Å². The molecule has 2 N–H and O–H groups in total. The van der Waals surface area contributed by atoms with Crippen molar-refractivity contribution in [2.24, 2.45) is 4.99 Å². The minimum absolute atomic E-state index is 0.0972. The van der Waals surface area contributed by atoms with E-state index in [4.69, 9.17) is 9.47 Å². The van der Waals surface area contributed by atoms with E-state index in [0.717, 1.165) is 31.2 Å². The van der Waals surface area contributed by atoms with Crippen molar-refractivity contribution < 1.29 is 23.9 Å². The van der Waals surface area contributed by atoms with Crippen LogP contribution in [0.25, 0.3) is 22.3 Å². The number of nitrogens with one attached hydrogen (secondary N) is 2. The lowest BCUT2D eigenvalue weighted by Gasteiger charge is -2.24. The first-order valence-corrected chi connectivity index (χ1v) is 19.0. The van der Waals surface area contributed by atoms with Gasteiger partial charge in [-0.25, -0.2) is 24.1 Å². The molecule has 1 aliphatic heterocycles. The van der Waals surface area contributed by atoms with Crippen LogP contribution in [0.4, 0.5) is 9.80 Å². The number of fused-ring (bicyclic) bond motifs is 1. The van der Waals surface area contributed by atoms with Gasteiger partial charge in [-0.2, -0.15) is 0 Å². The number of carbonyl (C=O) groups is 3. The second kappa shape index (κ2) is 15.5. The van der Waals surface area contributed by atoms with E-state index >= 15 is 0 Å². The molecule has 53 heavy (non-hydrogen) atoms. The Morgan fingerprint density at radius 1 is 1.00 bits per heavy atom. The average molecular weight is 752 g/mol. The SMILES string of the molecule is CCOC(=O)C1=C(C)N=c2s/c(=C\c3ccccc3-n3cc(-c4cc(C(=O)OC)c(NC(=O)NC5CCCCC5)s4)nn3)c(=O)n2C1c1ccccc1. The third-order valence-electron chi connectivity index (χ3n) is 9.15. The Balaban J connectivity index is 1.22. The van der Waals surface area contributed by atoms with Crippen molar-refractivity contribution in [1.29, 1.82) is 0 Å². The fraction of sp³-hybridized carbons (Fsp3) is 0.289. The number of rotatable bonds is 9. The Labute approximate surface area is 312 Å². The summed E-state index contributed by atoms with van der Waals surface area (Å²) in [6.07, 6.45) is 8.66.